The zero-order valence-corrected chi connectivity index (χ0v) is 18.2. The first kappa shape index (κ1) is 21.5. The molecule has 1 saturated heterocycles. The fourth-order valence-corrected chi connectivity index (χ4v) is 5.84. The first-order valence-corrected chi connectivity index (χ1v) is 12.5. The lowest BCUT2D eigenvalue weighted by Crippen LogP contribution is -2.51. The number of fused-ring (bicyclic) bond motifs is 1. The second kappa shape index (κ2) is 7.59. The molecule has 5 rings (SSSR count). The van der Waals surface area contributed by atoms with Crippen molar-refractivity contribution in [2.24, 2.45) is 11.8 Å². The number of piperidine rings is 1. The summed E-state index contributed by atoms with van der Waals surface area (Å²) in [5.74, 6) is -2.26. The van der Waals surface area contributed by atoms with Gasteiger partial charge in [-0.2, -0.15) is 0 Å². The molecule has 5 nitrogen and oxygen atoms in total. The highest BCUT2D eigenvalue weighted by molar-refractivity contribution is 7.88. The van der Waals surface area contributed by atoms with E-state index in [4.69, 9.17) is 0 Å². The van der Waals surface area contributed by atoms with E-state index in [0.717, 1.165) is 43.7 Å². The standard InChI is InChI=1S/C23H23F3N2O3S/c1-32(30,31)27-22-18-11-19(18)28(23(29)12-5-6-12)20(22)9-13-3-2-4-17(21(13)26)14-7-15(24)10-16(25)8-14/h2-4,7-8,10,12,18-20,22,27H,5-6,9,11H2,1H3/t18-,19+,20+,22+/m0/s1. The van der Waals surface area contributed by atoms with Crippen LogP contribution in [0.25, 0.3) is 11.1 Å². The van der Waals surface area contributed by atoms with Gasteiger partial charge in [-0.1, -0.05) is 18.2 Å². The number of halogens is 3. The van der Waals surface area contributed by atoms with Gasteiger partial charge in [0.05, 0.1) is 12.3 Å². The van der Waals surface area contributed by atoms with Gasteiger partial charge in [0, 0.05) is 29.6 Å². The molecule has 3 fully saturated rings. The first-order chi connectivity index (χ1) is 15.1. The number of benzene rings is 2. The SMILES string of the molecule is CS(=O)(=O)N[C@@H]1[C@H]2C[C@H]2N(C(=O)C2CC2)[C@@H]1Cc1cccc(-c2cc(F)cc(F)c2)c1F. The first-order valence-electron chi connectivity index (χ1n) is 10.7. The smallest absolute Gasteiger partial charge is 0.226 e. The fourth-order valence-electron chi connectivity index (χ4n) is 5.01. The second-order valence-corrected chi connectivity index (χ2v) is 10.9. The molecule has 170 valence electrons. The van der Waals surface area contributed by atoms with Crippen molar-refractivity contribution in [2.75, 3.05) is 6.26 Å². The molecule has 0 radical (unpaired) electrons. The van der Waals surface area contributed by atoms with Crippen molar-refractivity contribution in [3.05, 3.63) is 59.4 Å². The van der Waals surface area contributed by atoms with E-state index < -0.39 is 39.6 Å². The van der Waals surface area contributed by atoms with E-state index >= 15 is 4.39 Å². The van der Waals surface area contributed by atoms with E-state index in [1.165, 1.54) is 6.07 Å². The molecule has 0 unspecified atom stereocenters. The highest BCUT2D eigenvalue weighted by Gasteiger charge is 2.61. The number of carbonyl (C=O) groups excluding carboxylic acids is 1. The number of hydrogen-bond acceptors (Lipinski definition) is 3. The lowest BCUT2D eigenvalue weighted by atomic mass is 9.94. The van der Waals surface area contributed by atoms with Gasteiger partial charge < -0.3 is 4.90 Å². The van der Waals surface area contributed by atoms with Gasteiger partial charge in [-0.3, -0.25) is 4.79 Å². The Labute approximate surface area is 184 Å². The zero-order chi connectivity index (χ0) is 22.8. The number of rotatable bonds is 6. The molecule has 1 heterocycles. The number of likely N-dealkylation sites (tertiary alicyclic amines) is 1. The van der Waals surface area contributed by atoms with Crippen LogP contribution < -0.4 is 4.72 Å². The van der Waals surface area contributed by atoms with Crippen molar-refractivity contribution in [3.63, 3.8) is 0 Å². The summed E-state index contributed by atoms with van der Waals surface area (Å²) >= 11 is 0. The van der Waals surface area contributed by atoms with Crippen LogP contribution in [0.4, 0.5) is 13.2 Å². The number of amides is 1. The van der Waals surface area contributed by atoms with Crippen molar-refractivity contribution in [1.82, 2.24) is 9.62 Å². The van der Waals surface area contributed by atoms with Crippen molar-refractivity contribution < 1.29 is 26.4 Å². The summed E-state index contributed by atoms with van der Waals surface area (Å²) in [6, 6.07) is 6.41. The summed E-state index contributed by atoms with van der Waals surface area (Å²) in [5.41, 5.74) is 0.400. The molecule has 1 amide bonds. The minimum absolute atomic E-state index is 0.00376. The van der Waals surface area contributed by atoms with Crippen LogP contribution >= 0.6 is 0 Å². The molecule has 2 aliphatic carbocycles. The summed E-state index contributed by atoms with van der Waals surface area (Å²) in [5, 5.41) is 0. The quantitative estimate of drug-likeness (QED) is 0.714. The lowest BCUT2D eigenvalue weighted by molar-refractivity contribution is -0.134. The molecule has 0 aromatic heterocycles. The summed E-state index contributed by atoms with van der Waals surface area (Å²) < 4.78 is 69.4. The Morgan fingerprint density at radius 2 is 1.81 bits per heavy atom. The number of carbonyl (C=O) groups is 1. The lowest BCUT2D eigenvalue weighted by Gasteiger charge is -2.32. The van der Waals surface area contributed by atoms with E-state index in [-0.39, 0.29) is 46.9 Å². The van der Waals surface area contributed by atoms with E-state index in [1.807, 2.05) is 0 Å². The molecule has 2 aromatic rings. The predicted molar refractivity (Wildman–Crippen MR) is 112 cm³/mol. The maximum absolute atomic E-state index is 15.5. The molecule has 32 heavy (non-hydrogen) atoms. The van der Waals surface area contributed by atoms with Crippen LogP contribution in [-0.4, -0.2) is 43.6 Å². The van der Waals surface area contributed by atoms with Gasteiger partial charge in [-0.25, -0.2) is 26.3 Å². The van der Waals surface area contributed by atoms with Gasteiger partial charge in [0.1, 0.15) is 17.5 Å². The van der Waals surface area contributed by atoms with E-state index in [9.17, 15) is 22.0 Å². The highest BCUT2D eigenvalue weighted by atomic mass is 32.2. The average Bonchev–Trinajstić information content (AvgIpc) is 3.60. The number of sulfonamides is 1. The van der Waals surface area contributed by atoms with Crippen LogP contribution in [0.2, 0.25) is 0 Å². The van der Waals surface area contributed by atoms with Crippen molar-refractivity contribution in [1.29, 1.82) is 0 Å². The topological polar surface area (TPSA) is 66.5 Å². The van der Waals surface area contributed by atoms with Crippen molar-refractivity contribution in [2.45, 2.75) is 43.8 Å². The van der Waals surface area contributed by atoms with E-state index in [2.05, 4.69) is 4.72 Å². The second-order valence-electron chi connectivity index (χ2n) is 9.11. The number of nitrogens with one attached hydrogen (secondary N) is 1. The molecular formula is C23H23F3N2O3S. The number of hydrogen-bond donors (Lipinski definition) is 1. The van der Waals surface area contributed by atoms with Crippen LogP contribution in [0.3, 0.4) is 0 Å². The van der Waals surface area contributed by atoms with Crippen molar-refractivity contribution >= 4 is 15.9 Å². The van der Waals surface area contributed by atoms with Crippen LogP contribution in [0.1, 0.15) is 24.8 Å². The maximum Gasteiger partial charge on any atom is 0.226 e. The predicted octanol–water partition coefficient (Wildman–Crippen LogP) is 3.24. The number of nitrogens with zero attached hydrogens (tertiary/aromatic N) is 1. The van der Waals surface area contributed by atoms with Crippen LogP contribution in [-0.2, 0) is 21.2 Å². The molecule has 3 aliphatic rings. The summed E-state index contributed by atoms with van der Waals surface area (Å²) in [4.78, 5) is 14.7. The Morgan fingerprint density at radius 3 is 2.44 bits per heavy atom. The molecule has 0 bridgehead atoms. The maximum atomic E-state index is 15.5. The average molecular weight is 465 g/mol. The molecule has 9 heteroatoms. The highest BCUT2D eigenvalue weighted by Crippen LogP contribution is 2.51. The minimum Gasteiger partial charge on any atom is -0.334 e. The van der Waals surface area contributed by atoms with Gasteiger partial charge >= 0.3 is 0 Å². The summed E-state index contributed by atoms with van der Waals surface area (Å²) in [6.45, 7) is 0. The van der Waals surface area contributed by atoms with Gasteiger partial charge in [-0.05, 0) is 54.9 Å². The third-order valence-corrected chi connectivity index (χ3v) is 7.31. The van der Waals surface area contributed by atoms with Gasteiger partial charge in [0.15, 0.2) is 0 Å². The molecular weight excluding hydrogens is 441 g/mol. The summed E-state index contributed by atoms with van der Waals surface area (Å²) in [6.07, 6.45) is 3.55. The molecule has 1 N–H and O–H groups in total. The van der Waals surface area contributed by atoms with Gasteiger partial charge in [0.2, 0.25) is 15.9 Å². The zero-order valence-electron chi connectivity index (χ0n) is 17.4. The van der Waals surface area contributed by atoms with Gasteiger partial charge in [-0.15, -0.1) is 0 Å². The van der Waals surface area contributed by atoms with Gasteiger partial charge in [0.25, 0.3) is 0 Å². The Hall–Kier alpha value is -2.39. The minimum atomic E-state index is -3.53. The normalized spacial score (nSPS) is 26.8. The van der Waals surface area contributed by atoms with Crippen molar-refractivity contribution in [3.8, 4) is 11.1 Å². The fraction of sp³-hybridized carbons (Fsp3) is 0.435. The summed E-state index contributed by atoms with van der Waals surface area (Å²) in [7, 11) is -3.53. The van der Waals surface area contributed by atoms with Crippen LogP contribution in [0.5, 0.6) is 0 Å². The Bertz CT molecular complexity index is 1180. The van der Waals surface area contributed by atoms with E-state index in [1.54, 1.807) is 17.0 Å². The largest absolute Gasteiger partial charge is 0.334 e. The Kier molecular flexibility index (Phi) is 5.09. The molecule has 4 atom stereocenters. The monoisotopic (exact) mass is 464 g/mol. The van der Waals surface area contributed by atoms with E-state index in [0.29, 0.717) is 0 Å². The molecule has 0 spiro atoms. The third kappa shape index (κ3) is 4.03. The van der Waals surface area contributed by atoms with Crippen LogP contribution in [0, 0.1) is 29.3 Å². The molecule has 1 aliphatic heterocycles. The molecule has 2 aromatic carbocycles. The molecule has 2 saturated carbocycles. The Balaban J connectivity index is 1.49. The Morgan fingerprint density at radius 1 is 1.12 bits per heavy atom. The van der Waals surface area contributed by atoms with Crippen LogP contribution in [0.15, 0.2) is 36.4 Å². The third-order valence-electron chi connectivity index (χ3n) is 6.61.